The molecule has 2 heterocycles. The maximum Gasteiger partial charge on any atom is 0.0959 e. The normalized spacial score (nSPS) is 13.1. The summed E-state index contributed by atoms with van der Waals surface area (Å²) < 4.78 is 3.83. The number of fused-ring (bicyclic) bond motifs is 1. The molecule has 0 aliphatic rings. The average Bonchev–Trinajstić information content (AvgIpc) is 3.07. The summed E-state index contributed by atoms with van der Waals surface area (Å²) in [6.45, 7) is 6.10. The number of hydrogen-bond donors (Lipinski definition) is 1. The second-order valence-electron chi connectivity index (χ2n) is 6.69. The van der Waals surface area contributed by atoms with Crippen molar-refractivity contribution in [3.05, 3.63) is 47.5 Å². The highest BCUT2D eigenvalue weighted by molar-refractivity contribution is 5.77. The summed E-state index contributed by atoms with van der Waals surface area (Å²) in [5, 5.41) is 14.6. The first-order chi connectivity index (χ1) is 11.4. The lowest BCUT2D eigenvalue weighted by Gasteiger charge is -2.20. The summed E-state index contributed by atoms with van der Waals surface area (Å²) in [6.07, 6.45) is 5.22. The number of hydrogen-bond acceptors (Lipinski definition) is 4. The predicted molar refractivity (Wildman–Crippen MR) is 94.8 cm³/mol. The summed E-state index contributed by atoms with van der Waals surface area (Å²) in [6, 6.07) is 4.24. The van der Waals surface area contributed by atoms with Crippen molar-refractivity contribution in [2.24, 2.45) is 7.05 Å². The zero-order valence-corrected chi connectivity index (χ0v) is 14.8. The number of benzene rings is 1. The molecule has 0 bridgehead atoms. The quantitative estimate of drug-likeness (QED) is 0.751. The minimum atomic E-state index is -0.453. The van der Waals surface area contributed by atoms with Crippen LogP contribution in [0.2, 0.25) is 0 Å². The van der Waals surface area contributed by atoms with Crippen molar-refractivity contribution in [3.8, 4) is 0 Å². The molecule has 0 aliphatic heterocycles. The van der Waals surface area contributed by atoms with Crippen molar-refractivity contribution >= 4 is 11.0 Å². The highest BCUT2D eigenvalue weighted by Gasteiger charge is 2.13. The highest BCUT2D eigenvalue weighted by Crippen LogP contribution is 2.18. The second-order valence-corrected chi connectivity index (χ2v) is 6.69. The Morgan fingerprint density at radius 1 is 1.25 bits per heavy atom. The number of aromatic nitrogens is 4. The van der Waals surface area contributed by atoms with Crippen molar-refractivity contribution < 1.29 is 5.11 Å². The van der Waals surface area contributed by atoms with Crippen LogP contribution < -0.4 is 0 Å². The van der Waals surface area contributed by atoms with E-state index in [0.717, 1.165) is 23.1 Å². The zero-order chi connectivity index (χ0) is 17.3. The van der Waals surface area contributed by atoms with Gasteiger partial charge in [0.25, 0.3) is 0 Å². The Balaban J connectivity index is 1.64. The predicted octanol–water partition coefficient (Wildman–Crippen LogP) is 1.88. The molecular formula is C18H25N5O. The summed E-state index contributed by atoms with van der Waals surface area (Å²) >= 11 is 0. The minimum Gasteiger partial charge on any atom is -0.390 e. The lowest BCUT2D eigenvalue weighted by Crippen LogP contribution is -2.31. The van der Waals surface area contributed by atoms with E-state index in [1.54, 1.807) is 4.68 Å². The standard InChI is InChI=1S/C18H25N5O/c1-13-5-17-18(6-14(13)2)23(12-19-17)11-16(24)10-21(3)8-15-7-20-22(4)9-15/h5-7,9,12,16,24H,8,10-11H2,1-4H3. The van der Waals surface area contributed by atoms with Crippen LogP contribution in [0.5, 0.6) is 0 Å². The van der Waals surface area contributed by atoms with Gasteiger partial charge in [0, 0.05) is 31.9 Å². The highest BCUT2D eigenvalue weighted by atomic mass is 16.3. The Morgan fingerprint density at radius 2 is 2.00 bits per heavy atom. The van der Waals surface area contributed by atoms with Crippen LogP contribution in [0.1, 0.15) is 16.7 Å². The fourth-order valence-electron chi connectivity index (χ4n) is 3.03. The third-order valence-corrected chi connectivity index (χ3v) is 4.38. The van der Waals surface area contributed by atoms with Crippen molar-refractivity contribution in [2.45, 2.75) is 33.0 Å². The third-order valence-electron chi connectivity index (χ3n) is 4.38. The molecule has 3 rings (SSSR count). The van der Waals surface area contributed by atoms with Gasteiger partial charge in [0.05, 0.1) is 36.2 Å². The Hall–Kier alpha value is -2.18. The molecule has 6 nitrogen and oxygen atoms in total. The maximum atomic E-state index is 10.4. The van der Waals surface area contributed by atoms with Gasteiger partial charge in [0.1, 0.15) is 0 Å². The van der Waals surface area contributed by atoms with Gasteiger partial charge in [0.2, 0.25) is 0 Å². The number of nitrogens with zero attached hydrogens (tertiary/aromatic N) is 5. The van der Waals surface area contributed by atoms with E-state index in [0.29, 0.717) is 13.1 Å². The van der Waals surface area contributed by atoms with Crippen molar-refractivity contribution in [3.63, 3.8) is 0 Å². The Kier molecular flexibility index (Phi) is 4.69. The van der Waals surface area contributed by atoms with Crippen LogP contribution in [0.25, 0.3) is 11.0 Å². The first kappa shape index (κ1) is 16.7. The van der Waals surface area contributed by atoms with Crippen LogP contribution in [-0.4, -0.2) is 49.0 Å². The third kappa shape index (κ3) is 3.66. The second kappa shape index (κ2) is 6.75. The summed E-state index contributed by atoms with van der Waals surface area (Å²) in [4.78, 5) is 6.56. The molecule has 0 saturated carbocycles. The molecule has 1 aromatic carbocycles. The lowest BCUT2D eigenvalue weighted by molar-refractivity contribution is 0.108. The smallest absolute Gasteiger partial charge is 0.0959 e. The molecule has 1 atom stereocenters. The van der Waals surface area contributed by atoms with Crippen LogP contribution in [-0.2, 0) is 20.1 Å². The first-order valence-corrected chi connectivity index (χ1v) is 8.18. The number of aliphatic hydroxyl groups is 1. The largest absolute Gasteiger partial charge is 0.390 e. The van der Waals surface area contributed by atoms with Gasteiger partial charge in [0.15, 0.2) is 0 Å². The zero-order valence-electron chi connectivity index (χ0n) is 14.8. The van der Waals surface area contributed by atoms with E-state index in [9.17, 15) is 5.11 Å². The Bertz CT molecular complexity index is 835. The van der Waals surface area contributed by atoms with Gasteiger partial charge in [-0.15, -0.1) is 0 Å². The van der Waals surface area contributed by atoms with Gasteiger partial charge in [-0.05, 0) is 44.2 Å². The van der Waals surface area contributed by atoms with E-state index in [1.807, 2.05) is 37.4 Å². The minimum absolute atomic E-state index is 0.453. The first-order valence-electron chi connectivity index (χ1n) is 8.18. The van der Waals surface area contributed by atoms with E-state index >= 15 is 0 Å². The Labute approximate surface area is 142 Å². The van der Waals surface area contributed by atoms with Gasteiger partial charge >= 0.3 is 0 Å². The van der Waals surface area contributed by atoms with Crippen LogP contribution in [0.3, 0.4) is 0 Å². The number of imidazole rings is 1. The van der Waals surface area contributed by atoms with Crippen LogP contribution >= 0.6 is 0 Å². The molecule has 6 heteroatoms. The molecular weight excluding hydrogens is 302 g/mol. The SMILES string of the molecule is Cc1cc2ncn(CC(O)CN(C)Cc3cnn(C)c3)c2cc1C. The number of aliphatic hydroxyl groups excluding tert-OH is 1. The van der Waals surface area contributed by atoms with E-state index in [-0.39, 0.29) is 0 Å². The van der Waals surface area contributed by atoms with Crippen LogP contribution in [0, 0.1) is 13.8 Å². The van der Waals surface area contributed by atoms with Crippen LogP contribution in [0.15, 0.2) is 30.9 Å². The van der Waals surface area contributed by atoms with Gasteiger partial charge in [-0.3, -0.25) is 9.58 Å². The molecule has 0 spiro atoms. The molecule has 1 N–H and O–H groups in total. The van der Waals surface area contributed by atoms with E-state index in [1.165, 1.54) is 11.1 Å². The number of rotatable bonds is 6. The molecule has 24 heavy (non-hydrogen) atoms. The van der Waals surface area contributed by atoms with E-state index in [2.05, 4.69) is 41.0 Å². The molecule has 2 aromatic heterocycles. The fourth-order valence-corrected chi connectivity index (χ4v) is 3.03. The average molecular weight is 327 g/mol. The molecule has 1 unspecified atom stereocenters. The van der Waals surface area contributed by atoms with Gasteiger partial charge in [-0.25, -0.2) is 4.98 Å². The molecule has 0 fully saturated rings. The fraction of sp³-hybridized carbons (Fsp3) is 0.444. The van der Waals surface area contributed by atoms with Crippen molar-refractivity contribution in [1.29, 1.82) is 0 Å². The van der Waals surface area contributed by atoms with Crippen molar-refractivity contribution in [2.75, 3.05) is 13.6 Å². The van der Waals surface area contributed by atoms with Gasteiger partial charge in [-0.1, -0.05) is 0 Å². The van der Waals surface area contributed by atoms with Gasteiger partial charge in [-0.2, -0.15) is 5.10 Å². The molecule has 0 aliphatic carbocycles. The van der Waals surface area contributed by atoms with E-state index in [4.69, 9.17) is 0 Å². The monoisotopic (exact) mass is 327 g/mol. The number of likely N-dealkylation sites (N-methyl/N-ethyl adjacent to an activating group) is 1. The van der Waals surface area contributed by atoms with Crippen LogP contribution in [0.4, 0.5) is 0 Å². The molecule has 0 saturated heterocycles. The number of aryl methyl sites for hydroxylation is 3. The summed E-state index contributed by atoms with van der Waals surface area (Å²) in [5.41, 5.74) is 5.68. The van der Waals surface area contributed by atoms with Gasteiger partial charge < -0.3 is 9.67 Å². The lowest BCUT2D eigenvalue weighted by atomic mass is 10.1. The topological polar surface area (TPSA) is 59.1 Å². The molecule has 3 aromatic rings. The summed E-state index contributed by atoms with van der Waals surface area (Å²) in [7, 11) is 3.92. The maximum absolute atomic E-state index is 10.4. The Morgan fingerprint density at radius 3 is 2.71 bits per heavy atom. The molecule has 128 valence electrons. The van der Waals surface area contributed by atoms with Crippen molar-refractivity contribution in [1.82, 2.24) is 24.2 Å². The molecule has 0 amide bonds. The van der Waals surface area contributed by atoms with E-state index < -0.39 is 6.10 Å². The molecule has 0 radical (unpaired) electrons. The summed E-state index contributed by atoms with van der Waals surface area (Å²) in [5.74, 6) is 0.